The molecule has 2 nitrogen and oxygen atoms in total. The molecule has 2 rings (SSSR count). The molecular weight excluding hydrogens is 364 g/mol. The van der Waals surface area contributed by atoms with Gasteiger partial charge in [-0.2, -0.15) is 0 Å². The highest BCUT2D eigenvalue weighted by Crippen LogP contribution is 2.07. The predicted octanol–water partition coefficient (Wildman–Crippen LogP) is 6.77. The van der Waals surface area contributed by atoms with E-state index in [1.807, 2.05) is 0 Å². The van der Waals surface area contributed by atoms with Crippen LogP contribution in [0, 0.1) is 0 Å². The molecule has 0 saturated heterocycles. The summed E-state index contributed by atoms with van der Waals surface area (Å²) < 4.78 is 4.69. The molecule has 0 aliphatic carbocycles. The highest BCUT2D eigenvalue weighted by atomic mass is 14.9. The Hall–Kier alpha value is -1.70. The Kier molecular flexibility index (Phi) is 13.1. The maximum absolute atomic E-state index is 2.34. The van der Waals surface area contributed by atoms with E-state index in [2.05, 4.69) is 72.0 Å². The Bertz CT molecular complexity index is 586. The van der Waals surface area contributed by atoms with Crippen LogP contribution < -0.4 is 9.13 Å². The van der Waals surface area contributed by atoms with Gasteiger partial charge in [-0.15, -0.1) is 0 Å². The zero-order valence-corrected chi connectivity index (χ0v) is 19.8. The topological polar surface area (TPSA) is 7.76 Å². The summed E-state index contributed by atoms with van der Waals surface area (Å²) in [4.78, 5) is 0. The summed E-state index contributed by atoms with van der Waals surface area (Å²) in [6, 6.07) is 9.22. The lowest BCUT2D eigenvalue weighted by Crippen LogP contribution is -2.32. The van der Waals surface area contributed by atoms with Gasteiger partial charge in [0, 0.05) is 37.1 Å². The maximum Gasteiger partial charge on any atom is 0.169 e. The molecule has 0 radical (unpaired) electrons. The summed E-state index contributed by atoms with van der Waals surface area (Å²) in [6.07, 6.45) is 27.7. The average molecular weight is 411 g/mol. The number of pyridine rings is 2. The molecule has 30 heavy (non-hydrogen) atoms. The molecule has 0 saturated carbocycles. The molecule has 2 heteroatoms. The summed E-state index contributed by atoms with van der Waals surface area (Å²) in [7, 11) is 0. The number of hydrogen-bond donors (Lipinski definition) is 0. The summed E-state index contributed by atoms with van der Waals surface area (Å²) in [5, 5.41) is 0. The van der Waals surface area contributed by atoms with Crippen molar-refractivity contribution in [2.75, 3.05) is 0 Å². The van der Waals surface area contributed by atoms with Crippen molar-refractivity contribution in [3.8, 4) is 0 Å². The Balaban J connectivity index is 1.61. The van der Waals surface area contributed by atoms with E-state index in [1.54, 1.807) is 0 Å². The normalized spacial score (nSPS) is 11.1. The van der Waals surface area contributed by atoms with E-state index in [1.165, 1.54) is 88.2 Å². The van der Waals surface area contributed by atoms with E-state index in [0.717, 1.165) is 25.9 Å². The Morgan fingerprint density at radius 1 is 0.467 bits per heavy atom. The van der Waals surface area contributed by atoms with E-state index < -0.39 is 0 Å². The smallest absolute Gasteiger partial charge is 0.169 e. The second-order valence-corrected chi connectivity index (χ2v) is 8.92. The molecule has 0 atom stereocenters. The molecule has 2 aromatic rings. The number of nitrogens with zero attached hydrogens (tertiary/aromatic N) is 2. The molecule has 0 aliphatic rings. The first-order valence-electron chi connectivity index (χ1n) is 12.8. The van der Waals surface area contributed by atoms with Gasteiger partial charge in [-0.1, -0.05) is 65.2 Å². The van der Waals surface area contributed by atoms with Crippen LogP contribution in [0.25, 0.3) is 0 Å². The quantitative estimate of drug-likeness (QED) is 0.201. The number of aromatic nitrogens is 2. The van der Waals surface area contributed by atoms with E-state index in [4.69, 9.17) is 0 Å². The number of aryl methyl sites for hydroxylation is 4. The van der Waals surface area contributed by atoms with Crippen molar-refractivity contribution < 1.29 is 9.13 Å². The zero-order chi connectivity index (χ0) is 21.3. The van der Waals surface area contributed by atoms with E-state index in [-0.39, 0.29) is 0 Å². The Labute approximate surface area is 186 Å². The van der Waals surface area contributed by atoms with E-state index >= 15 is 0 Å². The molecule has 2 heterocycles. The second-order valence-electron chi connectivity index (χ2n) is 8.92. The minimum atomic E-state index is 1.12. The van der Waals surface area contributed by atoms with Crippen LogP contribution in [0.3, 0.4) is 0 Å². The van der Waals surface area contributed by atoms with Crippen LogP contribution in [0.1, 0.15) is 102 Å². The van der Waals surface area contributed by atoms with Crippen LogP contribution >= 0.6 is 0 Å². The van der Waals surface area contributed by atoms with Gasteiger partial charge < -0.3 is 0 Å². The van der Waals surface area contributed by atoms with Crippen molar-refractivity contribution in [1.82, 2.24) is 0 Å². The van der Waals surface area contributed by atoms with Crippen LogP contribution in [0.5, 0.6) is 0 Å². The van der Waals surface area contributed by atoms with Crippen molar-refractivity contribution >= 4 is 0 Å². The van der Waals surface area contributed by atoms with Gasteiger partial charge in [-0.3, -0.25) is 0 Å². The molecule has 0 amide bonds. The van der Waals surface area contributed by atoms with Gasteiger partial charge in [0.15, 0.2) is 24.8 Å². The Morgan fingerprint density at radius 3 is 1.17 bits per heavy atom. The molecule has 0 unspecified atom stereocenters. The maximum atomic E-state index is 2.34. The molecule has 0 aliphatic heterocycles. The van der Waals surface area contributed by atoms with Crippen molar-refractivity contribution in [3.63, 3.8) is 0 Å². The van der Waals surface area contributed by atoms with Gasteiger partial charge in [0.05, 0.1) is 0 Å². The van der Waals surface area contributed by atoms with Gasteiger partial charge >= 0.3 is 0 Å². The lowest BCUT2D eigenvalue weighted by atomic mass is 10.1. The van der Waals surface area contributed by atoms with Crippen molar-refractivity contribution in [1.29, 1.82) is 0 Å². The number of unbranched alkanes of at least 4 members (excludes halogenated alkanes) is 10. The van der Waals surface area contributed by atoms with Crippen LogP contribution in [0.15, 0.2) is 49.1 Å². The number of rotatable bonds is 17. The highest BCUT2D eigenvalue weighted by molar-refractivity contribution is 5.13. The SMILES string of the molecule is CCCCCCCC[n+]1ccc(CCc2cc[n+](CCCCCCCC)cc2)cc1. The summed E-state index contributed by atoms with van der Waals surface area (Å²) in [5.74, 6) is 0. The van der Waals surface area contributed by atoms with Crippen molar-refractivity contribution in [3.05, 3.63) is 60.2 Å². The minimum absolute atomic E-state index is 1.12. The Morgan fingerprint density at radius 2 is 0.800 bits per heavy atom. The molecule has 166 valence electrons. The molecule has 0 aromatic carbocycles. The fraction of sp³-hybridized carbons (Fsp3) is 0.643. The van der Waals surface area contributed by atoms with Crippen LogP contribution in [0.2, 0.25) is 0 Å². The van der Waals surface area contributed by atoms with Crippen LogP contribution in [-0.4, -0.2) is 0 Å². The third-order valence-corrected chi connectivity index (χ3v) is 6.16. The molecule has 0 N–H and O–H groups in total. The van der Waals surface area contributed by atoms with Crippen molar-refractivity contribution in [2.45, 2.75) is 117 Å². The molecular formula is C28H46N2+2. The zero-order valence-electron chi connectivity index (χ0n) is 19.8. The van der Waals surface area contributed by atoms with Crippen molar-refractivity contribution in [2.24, 2.45) is 0 Å². The largest absolute Gasteiger partial charge is 0.205 e. The molecule has 0 fully saturated rings. The molecule has 0 spiro atoms. The summed E-state index contributed by atoms with van der Waals surface area (Å²) in [5.41, 5.74) is 2.89. The first kappa shape index (κ1) is 24.6. The minimum Gasteiger partial charge on any atom is -0.205 e. The van der Waals surface area contributed by atoms with Crippen LogP contribution in [0.4, 0.5) is 0 Å². The van der Waals surface area contributed by atoms with Gasteiger partial charge in [-0.05, 0) is 36.8 Å². The number of hydrogen-bond acceptors (Lipinski definition) is 0. The van der Waals surface area contributed by atoms with E-state index in [9.17, 15) is 0 Å². The highest BCUT2D eigenvalue weighted by Gasteiger charge is 2.04. The monoisotopic (exact) mass is 410 g/mol. The third kappa shape index (κ3) is 10.9. The first-order chi connectivity index (χ1) is 14.8. The van der Waals surface area contributed by atoms with E-state index in [0.29, 0.717) is 0 Å². The average Bonchev–Trinajstić information content (AvgIpc) is 2.79. The second kappa shape index (κ2) is 16.1. The summed E-state index contributed by atoms with van der Waals surface area (Å²) >= 11 is 0. The van der Waals surface area contributed by atoms with Crippen LogP contribution in [-0.2, 0) is 25.9 Å². The van der Waals surface area contributed by atoms with Gasteiger partial charge in [0.25, 0.3) is 0 Å². The van der Waals surface area contributed by atoms with Gasteiger partial charge in [0.2, 0.25) is 0 Å². The fourth-order valence-electron chi connectivity index (χ4n) is 4.05. The lowest BCUT2D eigenvalue weighted by Gasteiger charge is -2.03. The van der Waals surface area contributed by atoms with Gasteiger partial charge in [-0.25, -0.2) is 9.13 Å². The molecule has 0 bridgehead atoms. The standard InChI is InChI=1S/C28H46N2/c1-3-5-7-9-11-13-21-29-23-17-27(18-24-29)15-16-28-19-25-30(26-20-28)22-14-12-10-8-6-4-2/h17-20,23-26H,3-16,21-22H2,1-2H3/q+2. The summed E-state index contributed by atoms with van der Waals surface area (Å²) in [6.45, 7) is 6.87. The third-order valence-electron chi connectivity index (χ3n) is 6.16. The molecule has 2 aromatic heterocycles. The van der Waals surface area contributed by atoms with Gasteiger partial charge in [0.1, 0.15) is 13.1 Å². The predicted molar refractivity (Wildman–Crippen MR) is 127 cm³/mol. The first-order valence-corrected chi connectivity index (χ1v) is 12.8. The fourth-order valence-corrected chi connectivity index (χ4v) is 4.05. The lowest BCUT2D eigenvalue weighted by molar-refractivity contribution is -0.697.